The molecule has 4 heterocycles. The SMILES string of the molecule is CC[C@H](C)[C@@H]([C@@H](CC(=O)N1CCC[C@H]1[C@H](OC)[C@@H](C)C(=O)C[C@@H](Cc1c[nH]c2ccccc12)C(=O)N1CCCCO1)OC)N(C)C(=O)[C@@H](CC(=O)[C@H](C(C)C)N(C)CCCCCCN1C(=O)C=CC1=O)C(C)C. The molecule has 5 amide bonds. The van der Waals surface area contributed by atoms with Gasteiger partial charge in [-0.3, -0.25) is 48.2 Å². The Bertz CT molecular complexity index is 2180. The first-order chi connectivity index (χ1) is 34.8. The highest BCUT2D eigenvalue weighted by molar-refractivity contribution is 6.12. The zero-order valence-corrected chi connectivity index (χ0v) is 45.9. The second-order valence-electron chi connectivity index (χ2n) is 21.8. The summed E-state index contributed by atoms with van der Waals surface area (Å²) in [5.41, 5.74) is 1.92. The maximum atomic E-state index is 14.8. The summed E-state index contributed by atoms with van der Waals surface area (Å²) in [7, 11) is 6.89. The van der Waals surface area contributed by atoms with Gasteiger partial charge in [-0.1, -0.05) is 85.9 Å². The minimum absolute atomic E-state index is 0.00488. The van der Waals surface area contributed by atoms with Gasteiger partial charge in [0.25, 0.3) is 11.8 Å². The fraction of sp³-hybridized carbons (Fsp3) is 0.702. The second kappa shape index (κ2) is 28.2. The van der Waals surface area contributed by atoms with Gasteiger partial charge in [-0.25, -0.2) is 5.06 Å². The Morgan fingerprint density at radius 1 is 0.822 bits per heavy atom. The van der Waals surface area contributed by atoms with E-state index in [9.17, 15) is 33.6 Å². The number of Topliss-reactive ketones (excluding diaryl/α,β-unsaturated/α-hetero) is 2. The van der Waals surface area contributed by atoms with Crippen LogP contribution >= 0.6 is 0 Å². The van der Waals surface area contributed by atoms with Crippen LogP contribution in [0.15, 0.2) is 42.6 Å². The molecule has 5 rings (SSSR count). The lowest BCUT2D eigenvalue weighted by molar-refractivity contribution is -0.201. The standard InChI is InChI=1S/C57H88N6O10/c1-12-39(6)54(60(9)57(70)44(37(2)3)34-48(65)53(38(4)5)59(8)27-17-13-14-18-28-62-50(66)25-26-51(62)67)49(71-10)35-52(68)61-29-21-24-46(61)55(72-11)40(7)47(64)33-41(56(69)63-30-19-20-31-73-63)32-42-36-58-45-23-16-15-22-43(42)45/h15-16,22-23,25-26,36-41,44,46,49,53-55,58H,12-14,17-21,24,27-35H2,1-11H3/t39-,40-,41+,44-,46-,49+,53-,54-,55+/m0/s1. The number of para-hydroxylation sites is 1. The summed E-state index contributed by atoms with van der Waals surface area (Å²) >= 11 is 0. The van der Waals surface area contributed by atoms with Gasteiger partial charge in [-0.2, -0.15) is 0 Å². The molecule has 2 aromatic rings. The number of amides is 5. The number of hydrogen-bond donors (Lipinski definition) is 1. The lowest BCUT2D eigenvalue weighted by Gasteiger charge is -2.41. The van der Waals surface area contributed by atoms with Crippen molar-refractivity contribution in [1.29, 1.82) is 0 Å². The number of unbranched alkanes of at least 4 members (excludes halogenated alkanes) is 3. The summed E-state index contributed by atoms with van der Waals surface area (Å²) in [4.78, 5) is 112. The molecule has 406 valence electrons. The number of nitrogens with zero attached hydrogens (tertiary/aromatic N) is 5. The topological polar surface area (TPSA) is 179 Å². The Hall–Kier alpha value is -4.77. The van der Waals surface area contributed by atoms with E-state index in [0.29, 0.717) is 45.6 Å². The van der Waals surface area contributed by atoms with E-state index in [1.807, 2.05) is 77.0 Å². The van der Waals surface area contributed by atoms with E-state index >= 15 is 0 Å². The molecule has 16 nitrogen and oxygen atoms in total. The highest BCUT2D eigenvalue weighted by Gasteiger charge is 2.44. The minimum atomic E-state index is -0.656. The van der Waals surface area contributed by atoms with Crippen LogP contribution in [0.25, 0.3) is 10.9 Å². The van der Waals surface area contributed by atoms with Gasteiger partial charge in [-0.05, 0) is 87.9 Å². The van der Waals surface area contributed by atoms with Crippen LogP contribution in [-0.4, -0.2) is 162 Å². The molecule has 1 N–H and O–H groups in total. The van der Waals surface area contributed by atoms with Gasteiger partial charge in [0.05, 0.1) is 49.3 Å². The number of imide groups is 1. The Labute approximate surface area is 435 Å². The van der Waals surface area contributed by atoms with Crippen LogP contribution in [0.1, 0.15) is 131 Å². The normalized spacial score (nSPS) is 19.7. The molecule has 0 radical (unpaired) electrons. The van der Waals surface area contributed by atoms with Crippen molar-refractivity contribution in [2.45, 2.75) is 162 Å². The number of nitrogens with one attached hydrogen (secondary N) is 1. The minimum Gasteiger partial charge on any atom is -0.379 e. The van der Waals surface area contributed by atoms with E-state index in [0.717, 1.165) is 67.8 Å². The molecule has 0 spiro atoms. The van der Waals surface area contributed by atoms with Gasteiger partial charge in [0.1, 0.15) is 5.78 Å². The number of H-pyrrole nitrogens is 1. The first-order valence-electron chi connectivity index (χ1n) is 27.2. The number of likely N-dealkylation sites (N-methyl/N-ethyl adjacent to an activating group) is 2. The summed E-state index contributed by atoms with van der Waals surface area (Å²) in [6, 6.07) is 6.68. The fourth-order valence-electron chi connectivity index (χ4n) is 11.7. The molecule has 2 saturated heterocycles. The predicted molar refractivity (Wildman–Crippen MR) is 282 cm³/mol. The number of fused-ring (bicyclic) bond motifs is 1. The van der Waals surface area contributed by atoms with Gasteiger partial charge in [0, 0.05) is 94.8 Å². The summed E-state index contributed by atoms with van der Waals surface area (Å²) in [6.07, 6.45) is 10.8. The average molecular weight is 1020 g/mol. The smallest absolute Gasteiger partial charge is 0.253 e. The number of benzene rings is 1. The summed E-state index contributed by atoms with van der Waals surface area (Å²) in [5, 5.41) is 2.44. The van der Waals surface area contributed by atoms with Crippen LogP contribution in [-0.2, 0) is 54.3 Å². The molecule has 2 fully saturated rings. The Kier molecular flexibility index (Phi) is 22.8. The molecule has 9 atom stereocenters. The van der Waals surface area contributed by atoms with Gasteiger partial charge >= 0.3 is 0 Å². The van der Waals surface area contributed by atoms with Crippen molar-refractivity contribution in [2.24, 2.45) is 35.5 Å². The van der Waals surface area contributed by atoms with Crippen molar-refractivity contribution >= 4 is 52.0 Å². The Morgan fingerprint density at radius 3 is 2.15 bits per heavy atom. The molecule has 1 aromatic heterocycles. The van der Waals surface area contributed by atoms with E-state index in [-0.39, 0.29) is 90.2 Å². The van der Waals surface area contributed by atoms with E-state index in [4.69, 9.17) is 14.3 Å². The number of ether oxygens (including phenoxy) is 2. The second-order valence-corrected chi connectivity index (χ2v) is 21.8. The van der Waals surface area contributed by atoms with E-state index in [2.05, 4.69) is 23.7 Å². The number of aromatic nitrogens is 1. The quantitative estimate of drug-likeness (QED) is 0.0608. The molecule has 3 aliphatic rings. The highest BCUT2D eigenvalue weighted by atomic mass is 16.7. The number of carbonyl (C=O) groups excluding carboxylic acids is 7. The average Bonchev–Trinajstić information content (AvgIpc) is 4.11. The van der Waals surface area contributed by atoms with Gasteiger partial charge in [0.2, 0.25) is 17.7 Å². The lowest BCUT2D eigenvalue weighted by atomic mass is 9.83. The van der Waals surface area contributed by atoms with Gasteiger partial charge < -0.3 is 24.3 Å². The summed E-state index contributed by atoms with van der Waals surface area (Å²) < 4.78 is 12.3. The van der Waals surface area contributed by atoms with Crippen molar-refractivity contribution in [1.82, 2.24) is 29.6 Å². The molecular weight excluding hydrogens is 929 g/mol. The maximum absolute atomic E-state index is 14.8. The largest absolute Gasteiger partial charge is 0.379 e. The van der Waals surface area contributed by atoms with Crippen molar-refractivity contribution in [3.05, 3.63) is 48.2 Å². The number of methoxy groups -OCH3 is 2. The number of hydrogen-bond acceptors (Lipinski definition) is 11. The number of rotatable bonds is 30. The zero-order chi connectivity index (χ0) is 53.5. The van der Waals surface area contributed by atoms with Crippen molar-refractivity contribution in [3.63, 3.8) is 0 Å². The van der Waals surface area contributed by atoms with Crippen LogP contribution in [0.4, 0.5) is 0 Å². The molecule has 0 unspecified atom stereocenters. The molecule has 0 bridgehead atoms. The molecular formula is C57H88N6O10. The number of aromatic amines is 1. The van der Waals surface area contributed by atoms with Gasteiger partial charge in [-0.15, -0.1) is 0 Å². The number of ketones is 2. The highest BCUT2D eigenvalue weighted by Crippen LogP contribution is 2.33. The monoisotopic (exact) mass is 1020 g/mol. The first kappa shape index (κ1) is 59.1. The summed E-state index contributed by atoms with van der Waals surface area (Å²) in [6.45, 7) is 16.5. The maximum Gasteiger partial charge on any atom is 0.253 e. The molecule has 73 heavy (non-hydrogen) atoms. The van der Waals surface area contributed by atoms with Crippen molar-refractivity contribution in [3.8, 4) is 0 Å². The zero-order valence-electron chi connectivity index (χ0n) is 45.9. The summed E-state index contributed by atoms with van der Waals surface area (Å²) in [5.74, 6) is -3.18. The molecule has 0 aliphatic carbocycles. The van der Waals surface area contributed by atoms with E-state index in [1.54, 1.807) is 26.2 Å². The Balaban J connectivity index is 1.23. The molecule has 1 aromatic carbocycles. The van der Waals surface area contributed by atoms with Crippen molar-refractivity contribution in [2.75, 3.05) is 61.1 Å². The first-order valence-corrected chi connectivity index (χ1v) is 27.2. The van der Waals surface area contributed by atoms with E-state index in [1.165, 1.54) is 22.1 Å². The van der Waals surface area contributed by atoms with Gasteiger partial charge in [0.15, 0.2) is 5.78 Å². The van der Waals surface area contributed by atoms with Crippen LogP contribution in [0.2, 0.25) is 0 Å². The van der Waals surface area contributed by atoms with Crippen LogP contribution in [0.5, 0.6) is 0 Å². The third-order valence-electron chi connectivity index (χ3n) is 16.1. The third-order valence-corrected chi connectivity index (χ3v) is 16.1. The number of likely N-dealkylation sites (tertiary alicyclic amines) is 1. The predicted octanol–water partition coefficient (Wildman–Crippen LogP) is 7.43. The molecule has 0 saturated carbocycles. The Morgan fingerprint density at radius 2 is 1.52 bits per heavy atom. The van der Waals surface area contributed by atoms with Crippen LogP contribution < -0.4 is 0 Å². The van der Waals surface area contributed by atoms with Crippen LogP contribution in [0, 0.1) is 35.5 Å². The lowest BCUT2D eigenvalue weighted by Crippen LogP contribution is -2.54. The van der Waals surface area contributed by atoms with E-state index < -0.39 is 36.0 Å². The van der Waals surface area contributed by atoms with Crippen LogP contribution in [0.3, 0.4) is 0 Å². The third kappa shape index (κ3) is 15.2. The fourth-order valence-corrected chi connectivity index (χ4v) is 11.7. The van der Waals surface area contributed by atoms with Crippen molar-refractivity contribution < 1.29 is 47.9 Å². The molecule has 3 aliphatic heterocycles. The number of hydroxylamine groups is 2. The number of carbonyl (C=O) groups is 7. The molecule has 16 heteroatoms.